The lowest BCUT2D eigenvalue weighted by Gasteiger charge is -2.24. The first-order valence-corrected chi connectivity index (χ1v) is 10.5. The summed E-state index contributed by atoms with van der Waals surface area (Å²) in [7, 11) is 0. The summed E-state index contributed by atoms with van der Waals surface area (Å²) in [4.78, 5) is 14.4. The number of rotatable bonds is 4. The van der Waals surface area contributed by atoms with E-state index in [0.717, 1.165) is 51.1 Å². The van der Waals surface area contributed by atoms with E-state index in [-0.39, 0.29) is 5.78 Å². The van der Waals surface area contributed by atoms with Gasteiger partial charge < -0.3 is 0 Å². The van der Waals surface area contributed by atoms with Crippen molar-refractivity contribution in [3.8, 4) is 0 Å². The van der Waals surface area contributed by atoms with Crippen molar-refractivity contribution in [2.24, 2.45) is 0 Å². The van der Waals surface area contributed by atoms with Gasteiger partial charge in [-0.05, 0) is 35.1 Å². The van der Waals surface area contributed by atoms with Crippen LogP contribution in [0.1, 0.15) is 49.3 Å². The van der Waals surface area contributed by atoms with Crippen molar-refractivity contribution in [2.75, 3.05) is 0 Å². The zero-order valence-corrected chi connectivity index (χ0v) is 17.3. The highest BCUT2D eigenvalue weighted by Gasteiger charge is 2.30. The Morgan fingerprint density at radius 1 is 0.533 bits per heavy atom. The maximum atomic E-state index is 13.6. The minimum Gasteiger partial charge on any atom is -0.289 e. The lowest BCUT2D eigenvalue weighted by molar-refractivity contribution is 0.103. The molecule has 0 spiro atoms. The molecule has 0 N–H and O–H groups in total. The molecule has 0 bridgehead atoms. The number of ketones is 1. The molecule has 0 aromatic heterocycles. The van der Waals surface area contributed by atoms with E-state index >= 15 is 0 Å². The Kier molecular flexibility index (Phi) is 4.86. The molecule has 0 fully saturated rings. The first-order valence-electron chi connectivity index (χ1n) is 10.1. The van der Waals surface area contributed by atoms with Gasteiger partial charge >= 0.3 is 0 Å². The van der Waals surface area contributed by atoms with Gasteiger partial charge in [-0.3, -0.25) is 4.79 Å². The molecular formula is C28H20OS. The van der Waals surface area contributed by atoms with E-state index in [2.05, 4.69) is 30.3 Å². The Morgan fingerprint density at radius 2 is 1.03 bits per heavy atom. The number of benzene rings is 4. The number of carbonyl (C=O) groups excluding carboxylic acids is 1. The Balaban J connectivity index is 1.60. The van der Waals surface area contributed by atoms with Crippen molar-refractivity contribution in [3.05, 3.63) is 142 Å². The molecule has 4 aromatic carbocycles. The quantitative estimate of drug-likeness (QED) is 0.333. The van der Waals surface area contributed by atoms with Crippen molar-refractivity contribution in [3.63, 3.8) is 0 Å². The standard InChI is InChI=1S/C28H20OS/c29-27-23-15-7-14-22(18-20-11-5-2-6-12-20)26(23)28(30)24-16-8-13-21(25(24)27)17-19-9-3-1-4-10-19/h1-16H,17-18H2. The molecule has 0 aliphatic heterocycles. The first kappa shape index (κ1) is 18.7. The molecule has 0 saturated heterocycles. The fourth-order valence-electron chi connectivity index (χ4n) is 4.31. The first-order chi connectivity index (χ1) is 14.7. The Labute approximate surface area is 182 Å². The third-order valence-corrected chi connectivity index (χ3v) is 6.14. The summed E-state index contributed by atoms with van der Waals surface area (Å²) in [5.41, 5.74) is 7.83. The van der Waals surface area contributed by atoms with E-state index in [1.54, 1.807) is 0 Å². The zero-order chi connectivity index (χ0) is 20.5. The van der Waals surface area contributed by atoms with E-state index in [1.807, 2.05) is 66.7 Å². The third-order valence-electron chi connectivity index (χ3n) is 5.72. The fraction of sp³-hybridized carbons (Fsp3) is 0.0714. The van der Waals surface area contributed by atoms with Crippen LogP contribution in [0.15, 0.2) is 97.1 Å². The van der Waals surface area contributed by atoms with E-state index in [1.165, 1.54) is 11.1 Å². The van der Waals surface area contributed by atoms with Gasteiger partial charge in [0.25, 0.3) is 0 Å². The Morgan fingerprint density at radius 3 is 1.60 bits per heavy atom. The van der Waals surface area contributed by atoms with Gasteiger partial charge in [-0.1, -0.05) is 109 Å². The molecule has 0 amide bonds. The molecule has 0 unspecified atom stereocenters. The van der Waals surface area contributed by atoms with Crippen LogP contribution < -0.4 is 0 Å². The van der Waals surface area contributed by atoms with Crippen molar-refractivity contribution in [1.29, 1.82) is 0 Å². The number of carbonyl (C=O) groups is 1. The molecular weight excluding hydrogens is 384 g/mol. The topological polar surface area (TPSA) is 17.1 Å². The van der Waals surface area contributed by atoms with Gasteiger partial charge in [0, 0.05) is 22.3 Å². The van der Waals surface area contributed by atoms with Gasteiger partial charge in [0.1, 0.15) is 0 Å². The molecule has 30 heavy (non-hydrogen) atoms. The van der Waals surface area contributed by atoms with Crippen molar-refractivity contribution >= 4 is 22.9 Å². The molecule has 1 nitrogen and oxygen atoms in total. The van der Waals surface area contributed by atoms with E-state index in [0.29, 0.717) is 0 Å². The second kappa shape index (κ2) is 7.81. The van der Waals surface area contributed by atoms with Crippen LogP contribution in [-0.2, 0) is 12.8 Å². The third kappa shape index (κ3) is 3.30. The van der Waals surface area contributed by atoms with Crippen LogP contribution >= 0.6 is 12.2 Å². The Hall–Kier alpha value is -3.36. The molecule has 1 aliphatic carbocycles. The van der Waals surface area contributed by atoms with Gasteiger partial charge in [0.15, 0.2) is 5.78 Å². The van der Waals surface area contributed by atoms with Crippen molar-refractivity contribution < 1.29 is 4.79 Å². The summed E-state index contributed by atoms with van der Waals surface area (Å²) in [5, 5.41) is 0. The largest absolute Gasteiger partial charge is 0.289 e. The smallest absolute Gasteiger partial charge is 0.194 e. The van der Waals surface area contributed by atoms with E-state index in [4.69, 9.17) is 12.2 Å². The molecule has 0 saturated carbocycles. The van der Waals surface area contributed by atoms with Crippen LogP contribution in [0.3, 0.4) is 0 Å². The predicted octanol–water partition coefficient (Wildman–Crippen LogP) is 6.18. The average molecular weight is 405 g/mol. The van der Waals surface area contributed by atoms with Gasteiger partial charge in [0.05, 0.1) is 4.86 Å². The predicted molar refractivity (Wildman–Crippen MR) is 126 cm³/mol. The number of thiocarbonyl (C=S) groups is 1. The molecule has 144 valence electrons. The molecule has 4 aromatic rings. The summed E-state index contributed by atoms with van der Waals surface area (Å²) < 4.78 is 0. The number of hydrogen-bond acceptors (Lipinski definition) is 2. The number of hydrogen-bond donors (Lipinski definition) is 0. The number of fused-ring (bicyclic) bond motifs is 2. The molecule has 2 heteroatoms. The summed E-state index contributed by atoms with van der Waals surface area (Å²) in [5.74, 6) is 0.0787. The van der Waals surface area contributed by atoms with E-state index in [9.17, 15) is 4.79 Å². The lowest BCUT2D eigenvalue weighted by Crippen LogP contribution is -2.23. The second-order valence-corrected chi connectivity index (χ2v) is 8.07. The minimum atomic E-state index is 0.0787. The van der Waals surface area contributed by atoms with E-state index < -0.39 is 0 Å². The van der Waals surface area contributed by atoms with Gasteiger partial charge in [0.2, 0.25) is 0 Å². The fourth-order valence-corrected chi connectivity index (χ4v) is 4.72. The average Bonchev–Trinajstić information content (AvgIpc) is 2.79. The summed E-state index contributed by atoms with van der Waals surface area (Å²) in [6.07, 6.45) is 1.48. The summed E-state index contributed by atoms with van der Waals surface area (Å²) in [6, 6.07) is 32.6. The van der Waals surface area contributed by atoms with Crippen LogP contribution in [0.25, 0.3) is 0 Å². The highest BCUT2D eigenvalue weighted by atomic mass is 32.1. The molecule has 1 aliphatic rings. The summed E-state index contributed by atoms with van der Waals surface area (Å²) in [6.45, 7) is 0. The molecule has 0 heterocycles. The monoisotopic (exact) mass is 404 g/mol. The van der Waals surface area contributed by atoms with Crippen LogP contribution in [0.2, 0.25) is 0 Å². The summed E-state index contributed by atoms with van der Waals surface area (Å²) >= 11 is 5.94. The molecule has 5 rings (SSSR count). The maximum absolute atomic E-state index is 13.6. The van der Waals surface area contributed by atoms with Gasteiger partial charge in [-0.15, -0.1) is 0 Å². The SMILES string of the molecule is O=C1c2cccc(Cc3ccccc3)c2C(=S)c2cccc(Cc3ccccc3)c21. The zero-order valence-electron chi connectivity index (χ0n) is 16.5. The minimum absolute atomic E-state index is 0.0787. The Bertz CT molecular complexity index is 1160. The normalized spacial score (nSPS) is 12.4. The van der Waals surface area contributed by atoms with Crippen LogP contribution in [0.5, 0.6) is 0 Å². The highest BCUT2D eigenvalue weighted by Crippen LogP contribution is 2.33. The van der Waals surface area contributed by atoms with Gasteiger partial charge in [-0.25, -0.2) is 0 Å². The lowest BCUT2D eigenvalue weighted by atomic mass is 9.79. The maximum Gasteiger partial charge on any atom is 0.194 e. The molecule has 0 radical (unpaired) electrons. The van der Waals surface area contributed by atoms with Crippen LogP contribution in [0, 0.1) is 0 Å². The molecule has 0 atom stereocenters. The van der Waals surface area contributed by atoms with Crippen molar-refractivity contribution in [1.82, 2.24) is 0 Å². The van der Waals surface area contributed by atoms with Gasteiger partial charge in [-0.2, -0.15) is 0 Å². The van der Waals surface area contributed by atoms with Crippen LogP contribution in [-0.4, -0.2) is 10.6 Å². The van der Waals surface area contributed by atoms with Crippen LogP contribution in [0.4, 0.5) is 0 Å². The van der Waals surface area contributed by atoms with Crippen molar-refractivity contribution in [2.45, 2.75) is 12.8 Å². The highest BCUT2D eigenvalue weighted by molar-refractivity contribution is 7.81. The second-order valence-electron chi connectivity index (χ2n) is 7.66.